The van der Waals surface area contributed by atoms with Crippen molar-refractivity contribution in [2.24, 2.45) is 0 Å². The molecule has 3 rings (SSSR count). The Kier molecular flexibility index (Phi) is 8.20. The largest absolute Gasteiger partial charge is 0.434 e. The number of hydrogen-bond acceptors (Lipinski definition) is 9. The van der Waals surface area contributed by atoms with Gasteiger partial charge in [-0.15, -0.1) is 0 Å². The number of alkyl halides is 3. The molecule has 1 fully saturated rings. The normalized spacial score (nSPS) is 23.0. The predicted octanol–water partition coefficient (Wildman–Crippen LogP) is 0.716. The number of aliphatic hydroxyl groups is 2. The SMILES string of the molecule is CC(NCC1OCCC(O)C1O)c1ncccn1.Nc1cncc(C(F)(F)F)n1. The van der Waals surface area contributed by atoms with Crippen LogP contribution in [0, 0.1) is 0 Å². The maximum atomic E-state index is 11.8. The third-order valence-electron chi connectivity index (χ3n) is 4.06. The van der Waals surface area contributed by atoms with E-state index < -0.39 is 24.1 Å². The van der Waals surface area contributed by atoms with Crippen molar-refractivity contribution in [2.75, 3.05) is 18.9 Å². The Labute approximate surface area is 165 Å². The van der Waals surface area contributed by atoms with Crippen LogP contribution < -0.4 is 11.1 Å². The van der Waals surface area contributed by atoms with Crippen LogP contribution in [-0.2, 0) is 10.9 Å². The smallest absolute Gasteiger partial charge is 0.390 e. The Morgan fingerprint density at radius 1 is 1.28 bits per heavy atom. The average molecular weight is 416 g/mol. The molecule has 29 heavy (non-hydrogen) atoms. The summed E-state index contributed by atoms with van der Waals surface area (Å²) in [5, 5.41) is 22.5. The molecule has 0 saturated carbocycles. The van der Waals surface area contributed by atoms with Gasteiger partial charge in [-0.1, -0.05) is 0 Å². The van der Waals surface area contributed by atoms with Crippen molar-refractivity contribution in [3.05, 3.63) is 42.4 Å². The molecule has 160 valence electrons. The van der Waals surface area contributed by atoms with E-state index in [4.69, 9.17) is 10.5 Å². The van der Waals surface area contributed by atoms with Crippen molar-refractivity contribution in [2.45, 2.75) is 43.9 Å². The fraction of sp³-hybridized carbons (Fsp3) is 0.529. The van der Waals surface area contributed by atoms with Gasteiger partial charge in [0.2, 0.25) is 0 Å². The van der Waals surface area contributed by atoms with Gasteiger partial charge in [0.25, 0.3) is 0 Å². The number of nitrogens with zero attached hydrogens (tertiary/aromatic N) is 4. The molecule has 0 bridgehead atoms. The molecule has 0 amide bonds. The first kappa shape index (κ1) is 22.9. The first-order valence-electron chi connectivity index (χ1n) is 8.81. The predicted molar refractivity (Wildman–Crippen MR) is 96.3 cm³/mol. The summed E-state index contributed by atoms with van der Waals surface area (Å²) in [6.07, 6.45) is -0.862. The highest BCUT2D eigenvalue weighted by Crippen LogP contribution is 2.26. The van der Waals surface area contributed by atoms with E-state index in [9.17, 15) is 23.4 Å². The minimum Gasteiger partial charge on any atom is -0.390 e. The van der Waals surface area contributed by atoms with Gasteiger partial charge in [0.15, 0.2) is 5.69 Å². The number of nitrogens with two attached hydrogens (primary N) is 1. The number of ether oxygens (including phenoxy) is 1. The summed E-state index contributed by atoms with van der Waals surface area (Å²) < 4.78 is 40.9. The molecular weight excluding hydrogens is 393 g/mol. The fourth-order valence-corrected chi connectivity index (χ4v) is 2.47. The van der Waals surface area contributed by atoms with Gasteiger partial charge < -0.3 is 26.0 Å². The number of hydrogen-bond donors (Lipinski definition) is 4. The lowest BCUT2D eigenvalue weighted by molar-refractivity contribution is -0.141. The molecule has 4 unspecified atom stereocenters. The summed E-state index contributed by atoms with van der Waals surface area (Å²) in [4.78, 5) is 14.6. The Morgan fingerprint density at radius 2 is 1.97 bits per heavy atom. The number of aliphatic hydroxyl groups excluding tert-OH is 2. The number of halogens is 3. The Bertz CT molecular complexity index is 753. The average Bonchev–Trinajstić information content (AvgIpc) is 2.69. The minimum atomic E-state index is -4.47. The van der Waals surface area contributed by atoms with Crippen LogP contribution in [0.15, 0.2) is 30.9 Å². The van der Waals surface area contributed by atoms with Crippen LogP contribution in [0.25, 0.3) is 0 Å². The molecule has 3 heterocycles. The molecule has 4 atom stereocenters. The number of aromatic nitrogens is 4. The monoisotopic (exact) mass is 416 g/mol. The van der Waals surface area contributed by atoms with E-state index in [0.29, 0.717) is 31.6 Å². The molecular formula is C17H23F3N6O3. The summed E-state index contributed by atoms with van der Waals surface area (Å²) in [7, 11) is 0. The van der Waals surface area contributed by atoms with Crippen molar-refractivity contribution in [3.63, 3.8) is 0 Å². The van der Waals surface area contributed by atoms with Gasteiger partial charge in [-0.3, -0.25) is 4.98 Å². The molecule has 0 aromatic carbocycles. The molecule has 1 aliphatic heterocycles. The van der Waals surface area contributed by atoms with Gasteiger partial charge in [0, 0.05) is 25.5 Å². The molecule has 2 aromatic heterocycles. The lowest BCUT2D eigenvalue weighted by Gasteiger charge is -2.32. The van der Waals surface area contributed by atoms with Crippen LogP contribution in [0.4, 0.5) is 19.0 Å². The van der Waals surface area contributed by atoms with Crippen molar-refractivity contribution in [1.29, 1.82) is 0 Å². The van der Waals surface area contributed by atoms with Crippen molar-refractivity contribution >= 4 is 5.82 Å². The molecule has 9 nitrogen and oxygen atoms in total. The second kappa shape index (κ2) is 10.4. The summed E-state index contributed by atoms with van der Waals surface area (Å²) in [6, 6.07) is 1.74. The highest BCUT2D eigenvalue weighted by molar-refractivity contribution is 5.24. The molecule has 0 aliphatic carbocycles. The second-order valence-electron chi connectivity index (χ2n) is 6.32. The third kappa shape index (κ3) is 7.16. The Balaban J connectivity index is 0.000000234. The first-order valence-corrected chi connectivity index (χ1v) is 8.81. The minimum absolute atomic E-state index is 0.0268. The van der Waals surface area contributed by atoms with Crippen LogP contribution >= 0.6 is 0 Å². The number of rotatable bonds is 4. The zero-order chi connectivity index (χ0) is 21.4. The van der Waals surface area contributed by atoms with E-state index >= 15 is 0 Å². The van der Waals surface area contributed by atoms with Crippen molar-refractivity contribution < 1.29 is 28.1 Å². The van der Waals surface area contributed by atoms with Gasteiger partial charge in [-0.25, -0.2) is 15.0 Å². The Hall–Kier alpha value is -2.41. The van der Waals surface area contributed by atoms with Crippen LogP contribution in [0.2, 0.25) is 0 Å². The summed E-state index contributed by atoms with van der Waals surface area (Å²) in [5.74, 6) is 0.461. The molecule has 0 radical (unpaired) electrons. The van der Waals surface area contributed by atoms with E-state index in [2.05, 4.69) is 25.3 Å². The summed E-state index contributed by atoms with van der Waals surface area (Å²) in [6.45, 7) is 2.87. The first-order chi connectivity index (χ1) is 13.7. The van der Waals surface area contributed by atoms with Gasteiger partial charge >= 0.3 is 6.18 Å². The molecule has 0 spiro atoms. The van der Waals surface area contributed by atoms with Gasteiger partial charge in [0.05, 0.1) is 30.6 Å². The van der Waals surface area contributed by atoms with E-state index in [1.54, 1.807) is 18.5 Å². The van der Waals surface area contributed by atoms with E-state index in [-0.39, 0.29) is 18.0 Å². The van der Waals surface area contributed by atoms with Crippen LogP contribution in [-0.4, -0.2) is 61.6 Å². The van der Waals surface area contributed by atoms with Crippen LogP contribution in [0.3, 0.4) is 0 Å². The topological polar surface area (TPSA) is 139 Å². The number of anilines is 1. The van der Waals surface area contributed by atoms with Gasteiger partial charge in [-0.05, 0) is 19.4 Å². The second-order valence-corrected chi connectivity index (χ2v) is 6.32. The van der Waals surface area contributed by atoms with Crippen LogP contribution in [0.1, 0.15) is 30.9 Å². The molecule has 1 aliphatic rings. The molecule has 1 saturated heterocycles. The molecule has 12 heteroatoms. The van der Waals surface area contributed by atoms with Gasteiger partial charge in [-0.2, -0.15) is 13.2 Å². The standard InChI is InChI=1S/C12H19N3O3.C5H4F3N3/c1-8(12-13-4-2-5-14-12)15-7-10-11(17)9(16)3-6-18-10;6-5(7,8)3-1-10-2-4(9)11-3/h2,4-5,8-11,15-17H,3,6-7H2,1H3;1-2H,(H2,9,11). The highest BCUT2D eigenvalue weighted by atomic mass is 19.4. The summed E-state index contributed by atoms with van der Waals surface area (Å²) >= 11 is 0. The maximum Gasteiger partial charge on any atom is 0.434 e. The quantitative estimate of drug-likeness (QED) is 0.567. The number of nitrogens with one attached hydrogen (secondary N) is 1. The number of nitrogen functional groups attached to an aromatic ring is 1. The summed E-state index contributed by atoms with van der Waals surface area (Å²) in [5.41, 5.74) is 3.91. The molecule has 2 aromatic rings. The third-order valence-corrected chi connectivity index (χ3v) is 4.06. The Morgan fingerprint density at radius 3 is 2.55 bits per heavy atom. The lowest BCUT2D eigenvalue weighted by atomic mass is 10.0. The lowest BCUT2D eigenvalue weighted by Crippen LogP contribution is -2.49. The highest BCUT2D eigenvalue weighted by Gasteiger charge is 2.33. The van der Waals surface area contributed by atoms with Crippen LogP contribution in [0.5, 0.6) is 0 Å². The van der Waals surface area contributed by atoms with E-state index in [1.807, 2.05) is 6.92 Å². The van der Waals surface area contributed by atoms with Gasteiger partial charge in [0.1, 0.15) is 17.7 Å². The van der Waals surface area contributed by atoms with Crippen molar-refractivity contribution in [1.82, 2.24) is 25.3 Å². The zero-order valence-electron chi connectivity index (χ0n) is 15.6. The zero-order valence-corrected chi connectivity index (χ0v) is 15.6. The fourth-order valence-electron chi connectivity index (χ4n) is 2.47. The maximum absolute atomic E-state index is 11.8. The van der Waals surface area contributed by atoms with E-state index in [1.165, 1.54) is 0 Å². The van der Waals surface area contributed by atoms with E-state index in [0.717, 1.165) is 6.20 Å². The van der Waals surface area contributed by atoms with Crippen molar-refractivity contribution in [3.8, 4) is 0 Å². The molecule has 5 N–H and O–H groups in total.